The quantitative estimate of drug-likeness (QED) is 0.424. The van der Waals surface area contributed by atoms with Crippen LogP contribution < -0.4 is 0 Å². The molecule has 0 N–H and O–H groups in total. The Hall–Kier alpha value is -0.270. The Bertz CT molecular complexity index is 575. The highest BCUT2D eigenvalue weighted by atomic mass is 127. The zero-order valence-corrected chi connectivity index (χ0v) is 14.2. The van der Waals surface area contributed by atoms with Crippen molar-refractivity contribution in [3.8, 4) is 0 Å². The summed E-state index contributed by atoms with van der Waals surface area (Å²) in [5.41, 5.74) is 0.519. The van der Waals surface area contributed by atoms with E-state index in [4.69, 9.17) is 0 Å². The van der Waals surface area contributed by atoms with Gasteiger partial charge < -0.3 is 0 Å². The lowest BCUT2D eigenvalue weighted by molar-refractivity contribution is 0.103. The van der Waals surface area contributed by atoms with Crippen LogP contribution in [-0.2, 0) is 0 Å². The van der Waals surface area contributed by atoms with Gasteiger partial charge in [0.1, 0.15) is 5.82 Å². The van der Waals surface area contributed by atoms with Crippen LogP contribution in [0, 0.1) is 9.39 Å². The van der Waals surface area contributed by atoms with Gasteiger partial charge in [0, 0.05) is 18.1 Å². The van der Waals surface area contributed by atoms with Crippen molar-refractivity contribution in [2.75, 3.05) is 0 Å². The summed E-state index contributed by atoms with van der Waals surface area (Å²) in [7, 11) is 0. The maximum absolute atomic E-state index is 13.7. The van der Waals surface area contributed by atoms with Crippen molar-refractivity contribution in [3.63, 3.8) is 0 Å². The highest BCUT2D eigenvalue weighted by Crippen LogP contribution is 2.25. The predicted octanol–water partition coefficient (Wildman–Crippen LogP) is 5.19. The first-order valence-corrected chi connectivity index (χ1v) is 7.60. The Morgan fingerprint density at radius 3 is 2.50 bits per heavy atom. The molecular formula is C13H6Br2FIO. The van der Waals surface area contributed by atoms with Crippen LogP contribution in [0.3, 0.4) is 0 Å². The number of carbonyl (C=O) groups is 1. The lowest BCUT2D eigenvalue weighted by atomic mass is 10.0. The molecule has 2 aromatic rings. The molecule has 5 heteroatoms. The van der Waals surface area contributed by atoms with Gasteiger partial charge in [-0.2, -0.15) is 0 Å². The lowest BCUT2D eigenvalue weighted by Crippen LogP contribution is -2.05. The summed E-state index contributed by atoms with van der Waals surface area (Å²) in [6.45, 7) is 0. The minimum atomic E-state index is -0.519. The summed E-state index contributed by atoms with van der Waals surface area (Å²) in [6, 6.07) is 9.72. The third-order valence-electron chi connectivity index (χ3n) is 2.35. The molecule has 0 aliphatic heterocycles. The third kappa shape index (κ3) is 3.00. The van der Waals surface area contributed by atoms with Gasteiger partial charge in [-0.3, -0.25) is 4.79 Å². The highest BCUT2D eigenvalue weighted by Gasteiger charge is 2.17. The fourth-order valence-electron chi connectivity index (χ4n) is 1.49. The van der Waals surface area contributed by atoms with Gasteiger partial charge in [0.25, 0.3) is 0 Å². The van der Waals surface area contributed by atoms with Crippen LogP contribution >= 0.6 is 54.5 Å². The van der Waals surface area contributed by atoms with Crippen LogP contribution in [-0.4, -0.2) is 5.78 Å². The molecule has 0 radical (unpaired) electrons. The first-order valence-electron chi connectivity index (χ1n) is 4.94. The van der Waals surface area contributed by atoms with Crippen molar-refractivity contribution in [1.82, 2.24) is 0 Å². The fraction of sp³-hybridized carbons (Fsp3) is 0. The molecule has 0 bridgehead atoms. The van der Waals surface area contributed by atoms with E-state index in [9.17, 15) is 9.18 Å². The molecule has 0 amide bonds. The van der Waals surface area contributed by atoms with Gasteiger partial charge in [-0.15, -0.1) is 0 Å². The van der Waals surface area contributed by atoms with Gasteiger partial charge in [-0.1, -0.05) is 31.9 Å². The van der Waals surface area contributed by atoms with Gasteiger partial charge in [-0.05, 0) is 59.0 Å². The SMILES string of the molecule is O=C(c1cc(Br)ccc1F)c1cc(I)ccc1Br. The van der Waals surface area contributed by atoms with Gasteiger partial charge >= 0.3 is 0 Å². The van der Waals surface area contributed by atoms with Crippen LogP contribution in [0.1, 0.15) is 15.9 Å². The van der Waals surface area contributed by atoms with E-state index in [1.165, 1.54) is 12.1 Å². The number of benzene rings is 2. The van der Waals surface area contributed by atoms with Crippen LogP contribution in [0.25, 0.3) is 0 Å². The molecule has 0 spiro atoms. The van der Waals surface area contributed by atoms with Crippen molar-refractivity contribution < 1.29 is 9.18 Å². The van der Waals surface area contributed by atoms with E-state index < -0.39 is 5.82 Å². The lowest BCUT2D eigenvalue weighted by Gasteiger charge is -2.06. The zero-order chi connectivity index (χ0) is 13.3. The zero-order valence-electron chi connectivity index (χ0n) is 8.88. The first-order chi connectivity index (χ1) is 8.49. The highest BCUT2D eigenvalue weighted by molar-refractivity contribution is 14.1. The van der Waals surface area contributed by atoms with Crippen LogP contribution in [0.5, 0.6) is 0 Å². The Morgan fingerprint density at radius 1 is 1.06 bits per heavy atom. The number of ketones is 1. The number of halogens is 4. The predicted molar refractivity (Wildman–Crippen MR) is 84.4 cm³/mol. The van der Waals surface area contributed by atoms with E-state index in [0.717, 1.165) is 3.57 Å². The molecule has 0 aromatic heterocycles. The summed E-state index contributed by atoms with van der Waals surface area (Å²) in [4.78, 5) is 12.3. The van der Waals surface area contributed by atoms with Gasteiger partial charge in [0.05, 0.1) is 5.56 Å². The van der Waals surface area contributed by atoms with Crippen molar-refractivity contribution in [2.24, 2.45) is 0 Å². The van der Waals surface area contributed by atoms with Gasteiger partial charge in [0.2, 0.25) is 0 Å². The number of carbonyl (C=O) groups excluding carboxylic acids is 1. The normalized spacial score (nSPS) is 10.4. The van der Waals surface area contributed by atoms with Crippen LogP contribution in [0.4, 0.5) is 4.39 Å². The molecule has 0 unspecified atom stereocenters. The van der Waals surface area contributed by atoms with Crippen molar-refractivity contribution in [3.05, 3.63) is 65.9 Å². The van der Waals surface area contributed by atoms with Crippen LogP contribution in [0.2, 0.25) is 0 Å². The van der Waals surface area contributed by atoms with E-state index in [2.05, 4.69) is 54.5 Å². The summed E-state index contributed by atoms with van der Waals surface area (Å²) < 4.78 is 15.9. The largest absolute Gasteiger partial charge is 0.288 e. The van der Waals surface area contributed by atoms with Crippen molar-refractivity contribution in [2.45, 2.75) is 0 Å². The molecule has 18 heavy (non-hydrogen) atoms. The molecule has 0 saturated carbocycles. The molecular weight excluding hydrogens is 478 g/mol. The Kier molecular flexibility index (Phi) is 4.55. The average molecular weight is 484 g/mol. The molecule has 1 nitrogen and oxygen atoms in total. The monoisotopic (exact) mass is 482 g/mol. The second-order valence-corrected chi connectivity index (χ2v) is 6.59. The number of hydrogen-bond donors (Lipinski definition) is 0. The van der Waals surface area contributed by atoms with Gasteiger partial charge in [0.15, 0.2) is 5.78 Å². The standard InChI is InChI=1S/C13H6Br2FIO/c14-7-1-4-12(16)10(5-7)13(18)9-6-8(17)2-3-11(9)15/h1-6H. The Balaban J connectivity index is 2.54. The number of hydrogen-bond acceptors (Lipinski definition) is 1. The molecule has 2 rings (SSSR count). The Morgan fingerprint density at radius 2 is 1.78 bits per heavy atom. The second-order valence-electron chi connectivity index (χ2n) is 3.58. The maximum Gasteiger partial charge on any atom is 0.197 e. The average Bonchev–Trinajstić information content (AvgIpc) is 2.34. The first kappa shape index (κ1) is 14.1. The summed E-state index contributed by atoms with van der Waals surface area (Å²) in [5, 5.41) is 0. The fourth-order valence-corrected chi connectivity index (χ4v) is 2.77. The molecule has 0 heterocycles. The Labute approximate surface area is 134 Å². The van der Waals surface area contributed by atoms with Crippen LogP contribution in [0.15, 0.2) is 45.3 Å². The maximum atomic E-state index is 13.7. The minimum absolute atomic E-state index is 0.0621. The second kappa shape index (κ2) is 5.79. The molecule has 2 aromatic carbocycles. The van der Waals surface area contributed by atoms with Crippen molar-refractivity contribution >= 4 is 60.2 Å². The molecule has 0 aliphatic carbocycles. The number of rotatable bonds is 2. The van der Waals surface area contributed by atoms with E-state index >= 15 is 0 Å². The van der Waals surface area contributed by atoms with E-state index in [1.807, 2.05) is 6.07 Å². The van der Waals surface area contributed by atoms with E-state index in [0.29, 0.717) is 14.5 Å². The van der Waals surface area contributed by atoms with Crippen molar-refractivity contribution in [1.29, 1.82) is 0 Å². The minimum Gasteiger partial charge on any atom is -0.288 e. The smallest absolute Gasteiger partial charge is 0.197 e. The van der Waals surface area contributed by atoms with E-state index in [1.54, 1.807) is 18.2 Å². The molecule has 0 fully saturated rings. The summed E-state index contributed by atoms with van der Waals surface area (Å²) in [6.07, 6.45) is 0. The molecule has 0 aliphatic rings. The summed E-state index contributed by atoms with van der Waals surface area (Å²) >= 11 is 8.67. The molecule has 0 saturated heterocycles. The van der Waals surface area contributed by atoms with E-state index in [-0.39, 0.29) is 11.3 Å². The third-order valence-corrected chi connectivity index (χ3v) is 4.20. The van der Waals surface area contributed by atoms with Gasteiger partial charge in [-0.25, -0.2) is 4.39 Å². The summed E-state index contributed by atoms with van der Waals surface area (Å²) in [5.74, 6) is -0.854. The molecule has 0 atom stereocenters. The molecule has 92 valence electrons. The topological polar surface area (TPSA) is 17.1 Å².